The Kier molecular flexibility index (Phi) is 4.90. The molecule has 0 fully saturated rings. The Balaban J connectivity index is 1.44. The predicted octanol–water partition coefficient (Wildman–Crippen LogP) is 2.63. The summed E-state index contributed by atoms with van der Waals surface area (Å²) >= 11 is 0. The van der Waals surface area contributed by atoms with Crippen LogP contribution in [0.25, 0.3) is 0 Å². The fraction of sp³-hybridized carbons (Fsp3) is 0.143. The Labute approximate surface area is 165 Å². The van der Waals surface area contributed by atoms with Crippen molar-refractivity contribution in [3.63, 3.8) is 0 Å². The fourth-order valence-corrected chi connectivity index (χ4v) is 3.26. The van der Waals surface area contributed by atoms with E-state index in [1.165, 1.54) is 6.07 Å². The molecule has 0 bridgehead atoms. The number of carbonyl (C=O) groups excluding carboxylic acids is 3. The lowest BCUT2D eigenvalue weighted by atomic mass is 10.1. The molecule has 2 aromatic carbocycles. The van der Waals surface area contributed by atoms with Crippen LogP contribution in [-0.4, -0.2) is 33.9 Å². The molecule has 0 radical (unpaired) electrons. The van der Waals surface area contributed by atoms with Gasteiger partial charge in [0.05, 0.1) is 17.8 Å². The standard InChI is InChI=1S/C21H17FN4O3/c22-15-6-7-16-18(12-15)26(21(29)20(16)28)11-8-19(27)24-17-5-2-1-4-14(17)13-25-10-3-9-23-25/h1-7,9-10,12H,8,11,13H2,(H,24,27). The molecule has 1 aliphatic heterocycles. The van der Waals surface area contributed by atoms with E-state index in [1.54, 1.807) is 16.9 Å². The number of fused-ring (bicyclic) bond motifs is 1. The lowest BCUT2D eigenvalue weighted by molar-refractivity contribution is -0.116. The summed E-state index contributed by atoms with van der Waals surface area (Å²) in [5.41, 5.74) is 1.88. The van der Waals surface area contributed by atoms with Crippen molar-refractivity contribution in [3.05, 3.63) is 77.9 Å². The van der Waals surface area contributed by atoms with Crippen molar-refractivity contribution in [1.29, 1.82) is 0 Å². The van der Waals surface area contributed by atoms with Gasteiger partial charge in [-0.15, -0.1) is 0 Å². The predicted molar refractivity (Wildman–Crippen MR) is 104 cm³/mol. The van der Waals surface area contributed by atoms with Gasteiger partial charge in [0.15, 0.2) is 0 Å². The first-order valence-electron chi connectivity index (χ1n) is 9.04. The maximum atomic E-state index is 13.5. The maximum Gasteiger partial charge on any atom is 0.299 e. The average molecular weight is 392 g/mol. The molecule has 0 atom stereocenters. The Morgan fingerprint density at radius 2 is 1.93 bits per heavy atom. The number of aromatic nitrogens is 2. The van der Waals surface area contributed by atoms with E-state index >= 15 is 0 Å². The molecule has 2 heterocycles. The minimum Gasteiger partial charge on any atom is -0.326 e. The van der Waals surface area contributed by atoms with Gasteiger partial charge in [-0.05, 0) is 35.9 Å². The molecular weight excluding hydrogens is 375 g/mol. The Hall–Kier alpha value is -3.81. The van der Waals surface area contributed by atoms with Gasteiger partial charge >= 0.3 is 0 Å². The van der Waals surface area contributed by atoms with Gasteiger partial charge in [0.2, 0.25) is 5.91 Å². The Morgan fingerprint density at radius 3 is 2.72 bits per heavy atom. The van der Waals surface area contributed by atoms with Crippen molar-refractivity contribution in [2.24, 2.45) is 0 Å². The minimum atomic E-state index is -0.752. The highest BCUT2D eigenvalue weighted by Gasteiger charge is 2.36. The SMILES string of the molecule is O=C(CCN1C(=O)C(=O)c2ccc(F)cc21)Nc1ccccc1Cn1cccn1. The first-order valence-corrected chi connectivity index (χ1v) is 9.04. The number of anilines is 2. The number of nitrogens with zero attached hydrogens (tertiary/aromatic N) is 3. The van der Waals surface area contributed by atoms with Gasteiger partial charge in [0.1, 0.15) is 5.82 Å². The summed E-state index contributed by atoms with van der Waals surface area (Å²) < 4.78 is 15.3. The van der Waals surface area contributed by atoms with Gasteiger partial charge < -0.3 is 10.2 Å². The highest BCUT2D eigenvalue weighted by atomic mass is 19.1. The molecule has 0 aliphatic carbocycles. The summed E-state index contributed by atoms with van der Waals surface area (Å²) in [5.74, 6) is -2.31. The Morgan fingerprint density at radius 1 is 1.10 bits per heavy atom. The highest BCUT2D eigenvalue weighted by Crippen LogP contribution is 2.29. The summed E-state index contributed by atoms with van der Waals surface area (Å²) in [6, 6.07) is 12.7. The van der Waals surface area contributed by atoms with E-state index in [9.17, 15) is 18.8 Å². The zero-order valence-corrected chi connectivity index (χ0v) is 15.3. The van der Waals surface area contributed by atoms with Crippen LogP contribution in [0.2, 0.25) is 0 Å². The van der Waals surface area contributed by atoms with Crippen molar-refractivity contribution < 1.29 is 18.8 Å². The largest absolute Gasteiger partial charge is 0.326 e. The average Bonchev–Trinajstić information content (AvgIpc) is 3.29. The molecule has 0 saturated carbocycles. The van der Waals surface area contributed by atoms with Crippen molar-refractivity contribution >= 4 is 29.0 Å². The van der Waals surface area contributed by atoms with Crippen LogP contribution in [0.3, 0.4) is 0 Å². The second-order valence-electron chi connectivity index (χ2n) is 6.61. The second kappa shape index (κ2) is 7.67. The number of amides is 2. The number of para-hydroxylation sites is 1. The first kappa shape index (κ1) is 18.5. The van der Waals surface area contributed by atoms with E-state index in [0.717, 1.165) is 22.6 Å². The number of halogens is 1. The minimum absolute atomic E-state index is 0.0197. The number of hydrogen-bond acceptors (Lipinski definition) is 4. The molecule has 3 aromatic rings. The zero-order valence-electron chi connectivity index (χ0n) is 15.3. The van der Waals surface area contributed by atoms with Gasteiger partial charge in [-0.2, -0.15) is 5.10 Å². The lowest BCUT2D eigenvalue weighted by Gasteiger charge is -2.17. The molecule has 29 heavy (non-hydrogen) atoms. The molecule has 146 valence electrons. The summed E-state index contributed by atoms with van der Waals surface area (Å²) in [5, 5.41) is 6.99. The van der Waals surface area contributed by atoms with Gasteiger partial charge in [-0.3, -0.25) is 19.1 Å². The lowest BCUT2D eigenvalue weighted by Crippen LogP contribution is -2.32. The van der Waals surface area contributed by atoms with Crippen LogP contribution >= 0.6 is 0 Å². The molecule has 0 saturated heterocycles. The van der Waals surface area contributed by atoms with Crippen LogP contribution in [0, 0.1) is 5.82 Å². The highest BCUT2D eigenvalue weighted by molar-refractivity contribution is 6.52. The van der Waals surface area contributed by atoms with Crippen molar-refractivity contribution in [3.8, 4) is 0 Å². The summed E-state index contributed by atoms with van der Waals surface area (Å²) in [6.07, 6.45) is 3.46. The molecule has 1 N–H and O–H groups in total. The Bertz CT molecular complexity index is 1100. The monoisotopic (exact) mass is 392 g/mol. The summed E-state index contributed by atoms with van der Waals surface area (Å²) in [4.78, 5) is 37.8. The van der Waals surface area contributed by atoms with Crippen LogP contribution in [0.4, 0.5) is 15.8 Å². The van der Waals surface area contributed by atoms with Crippen molar-refractivity contribution in [1.82, 2.24) is 9.78 Å². The normalized spacial score (nSPS) is 12.9. The van der Waals surface area contributed by atoms with Crippen LogP contribution in [0.15, 0.2) is 60.9 Å². The summed E-state index contributed by atoms with van der Waals surface area (Å²) in [7, 11) is 0. The van der Waals surface area contributed by atoms with Crippen LogP contribution in [-0.2, 0) is 16.1 Å². The molecule has 8 heteroatoms. The molecule has 0 unspecified atom stereocenters. The third kappa shape index (κ3) is 3.77. The van der Waals surface area contributed by atoms with E-state index in [4.69, 9.17) is 0 Å². The summed E-state index contributed by atoms with van der Waals surface area (Å²) in [6.45, 7) is 0.476. The molecule has 1 aromatic heterocycles. The first-order chi connectivity index (χ1) is 14.0. The number of carbonyl (C=O) groups is 3. The topological polar surface area (TPSA) is 84.3 Å². The number of benzene rings is 2. The van der Waals surface area contributed by atoms with E-state index in [1.807, 2.05) is 30.5 Å². The second-order valence-corrected chi connectivity index (χ2v) is 6.61. The third-order valence-corrected chi connectivity index (χ3v) is 4.68. The van der Waals surface area contributed by atoms with Crippen LogP contribution < -0.4 is 10.2 Å². The third-order valence-electron chi connectivity index (χ3n) is 4.68. The molecule has 1 aliphatic rings. The van der Waals surface area contributed by atoms with Gasteiger partial charge in [0.25, 0.3) is 11.7 Å². The molecular formula is C21H17FN4O3. The van der Waals surface area contributed by atoms with E-state index in [2.05, 4.69) is 10.4 Å². The number of nitrogens with one attached hydrogen (secondary N) is 1. The van der Waals surface area contributed by atoms with Crippen molar-refractivity contribution in [2.45, 2.75) is 13.0 Å². The molecule has 7 nitrogen and oxygen atoms in total. The van der Waals surface area contributed by atoms with Crippen LogP contribution in [0.1, 0.15) is 22.3 Å². The number of hydrogen-bond donors (Lipinski definition) is 1. The fourth-order valence-electron chi connectivity index (χ4n) is 3.26. The quantitative estimate of drug-likeness (QED) is 0.654. The van der Waals surface area contributed by atoms with E-state index in [0.29, 0.717) is 12.2 Å². The van der Waals surface area contributed by atoms with Gasteiger partial charge in [0, 0.05) is 31.0 Å². The van der Waals surface area contributed by atoms with E-state index in [-0.39, 0.29) is 30.1 Å². The van der Waals surface area contributed by atoms with Crippen molar-refractivity contribution in [2.75, 3.05) is 16.8 Å². The van der Waals surface area contributed by atoms with Gasteiger partial charge in [-0.25, -0.2) is 4.39 Å². The zero-order chi connectivity index (χ0) is 20.4. The molecule has 0 spiro atoms. The number of Topliss-reactive ketones (excluding diaryl/α,β-unsaturated/α-hetero) is 1. The molecule has 4 rings (SSSR count). The number of rotatable bonds is 6. The smallest absolute Gasteiger partial charge is 0.299 e. The number of ketones is 1. The molecule has 2 amide bonds. The van der Waals surface area contributed by atoms with Crippen LogP contribution in [0.5, 0.6) is 0 Å². The maximum absolute atomic E-state index is 13.5. The van der Waals surface area contributed by atoms with Gasteiger partial charge in [-0.1, -0.05) is 18.2 Å². The van der Waals surface area contributed by atoms with E-state index < -0.39 is 17.5 Å².